The first-order valence-electron chi connectivity index (χ1n) is 6.73. The molecule has 0 saturated heterocycles. The van der Waals surface area contributed by atoms with Crippen LogP contribution in [0.1, 0.15) is 22.3 Å². The van der Waals surface area contributed by atoms with Gasteiger partial charge in [-0.3, -0.25) is 10.1 Å². The molecule has 0 atom stereocenters. The number of nitrogens with zero attached hydrogens (tertiary/aromatic N) is 1. The Hall–Kier alpha value is -2.57. The quantitative estimate of drug-likeness (QED) is 0.599. The summed E-state index contributed by atoms with van der Waals surface area (Å²) in [6.07, 6.45) is -4.56. The molecule has 122 valence electrons. The number of hydrogen-bond acceptors (Lipinski definition) is 3. The predicted molar refractivity (Wildman–Crippen MR) is 78.3 cm³/mol. The van der Waals surface area contributed by atoms with E-state index in [1.54, 1.807) is 19.9 Å². The second-order valence-electron chi connectivity index (χ2n) is 5.12. The molecule has 0 bridgehead atoms. The molecule has 0 aromatic heterocycles. The molecule has 0 aliphatic carbocycles. The maximum atomic E-state index is 13.1. The van der Waals surface area contributed by atoms with Gasteiger partial charge in [-0.05, 0) is 31.5 Å². The van der Waals surface area contributed by atoms with Gasteiger partial charge >= 0.3 is 6.18 Å². The van der Waals surface area contributed by atoms with Gasteiger partial charge < -0.3 is 4.74 Å². The van der Waals surface area contributed by atoms with E-state index in [2.05, 4.69) is 0 Å². The third kappa shape index (κ3) is 3.80. The molecule has 2 aromatic rings. The van der Waals surface area contributed by atoms with Gasteiger partial charge in [0.25, 0.3) is 5.69 Å². The van der Waals surface area contributed by atoms with Crippen LogP contribution in [0.3, 0.4) is 0 Å². The summed E-state index contributed by atoms with van der Waals surface area (Å²) in [5.74, 6) is -0.347. The number of ether oxygens (including phenoxy) is 1. The van der Waals surface area contributed by atoms with Crippen molar-refractivity contribution < 1.29 is 22.8 Å². The number of nitro groups is 1. The Balaban J connectivity index is 2.35. The van der Waals surface area contributed by atoms with Crippen LogP contribution in [0.25, 0.3) is 0 Å². The van der Waals surface area contributed by atoms with Crippen molar-refractivity contribution >= 4 is 5.69 Å². The van der Waals surface area contributed by atoms with Crippen LogP contribution in [0.5, 0.6) is 5.75 Å². The molecule has 2 rings (SSSR count). The molecular formula is C16H14F3NO3. The number of benzene rings is 2. The first-order chi connectivity index (χ1) is 10.7. The Morgan fingerprint density at radius 2 is 1.87 bits per heavy atom. The van der Waals surface area contributed by atoms with Crippen LogP contribution in [-0.4, -0.2) is 4.92 Å². The minimum absolute atomic E-state index is 0.175. The normalized spacial score (nSPS) is 11.3. The highest BCUT2D eigenvalue weighted by atomic mass is 19.4. The Morgan fingerprint density at radius 3 is 2.48 bits per heavy atom. The minimum atomic E-state index is -4.56. The highest BCUT2D eigenvalue weighted by molar-refractivity contribution is 5.45. The third-order valence-electron chi connectivity index (χ3n) is 3.39. The molecule has 0 saturated carbocycles. The number of nitro benzene ring substituents is 1. The van der Waals surface area contributed by atoms with Crippen molar-refractivity contribution in [1.82, 2.24) is 0 Å². The van der Waals surface area contributed by atoms with E-state index in [-0.39, 0.29) is 23.6 Å². The van der Waals surface area contributed by atoms with E-state index in [0.29, 0.717) is 11.1 Å². The fourth-order valence-corrected chi connectivity index (χ4v) is 2.19. The molecule has 2 aromatic carbocycles. The van der Waals surface area contributed by atoms with Crippen molar-refractivity contribution in [3.05, 3.63) is 68.8 Å². The summed E-state index contributed by atoms with van der Waals surface area (Å²) in [6, 6.07) is 8.17. The summed E-state index contributed by atoms with van der Waals surface area (Å²) in [5.41, 5.74) is 0.219. The van der Waals surface area contributed by atoms with Gasteiger partial charge in [0.1, 0.15) is 12.4 Å². The molecular weight excluding hydrogens is 311 g/mol. The van der Waals surface area contributed by atoms with Gasteiger partial charge in [-0.15, -0.1) is 0 Å². The van der Waals surface area contributed by atoms with Gasteiger partial charge in [0.05, 0.1) is 16.1 Å². The fourth-order valence-electron chi connectivity index (χ4n) is 2.19. The third-order valence-corrected chi connectivity index (χ3v) is 3.39. The zero-order valence-electron chi connectivity index (χ0n) is 12.5. The van der Waals surface area contributed by atoms with Crippen LogP contribution in [0, 0.1) is 24.0 Å². The molecule has 0 heterocycles. The van der Waals surface area contributed by atoms with E-state index >= 15 is 0 Å². The molecule has 7 heteroatoms. The van der Waals surface area contributed by atoms with E-state index in [1.165, 1.54) is 24.3 Å². The summed E-state index contributed by atoms with van der Waals surface area (Å²) in [5, 5.41) is 11.0. The van der Waals surface area contributed by atoms with Crippen molar-refractivity contribution in [3.63, 3.8) is 0 Å². The van der Waals surface area contributed by atoms with Crippen LogP contribution < -0.4 is 4.74 Å². The maximum absolute atomic E-state index is 13.1. The summed E-state index contributed by atoms with van der Waals surface area (Å²) < 4.78 is 44.4. The van der Waals surface area contributed by atoms with Gasteiger partial charge in [-0.25, -0.2) is 0 Å². The van der Waals surface area contributed by atoms with Gasteiger partial charge in [0.15, 0.2) is 0 Å². The average Bonchev–Trinajstić information content (AvgIpc) is 2.45. The van der Waals surface area contributed by atoms with Crippen molar-refractivity contribution in [2.45, 2.75) is 26.6 Å². The summed E-state index contributed by atoms with van der Waals surface area (Å²) in [6.45, 7) is 2.88. The Bertz CT molecular complexity index is 742. The van der Waals surface area contributed by atoms with E-state index in [0.717, 1.165) is 6.07 Å². The lowest BCUT2D eigenvalue weighted by Crippen LogP contribution is -2.10. The van der Waals surface area contributed by atoms with E-state index < -0.39 is 16.7 Å². The summed E-state index contributed by atoms with van der Waals surface area (Å²) >= 11 is 0. The van der Waals surface area contributed by atoms with Crippen LogP contribution in [0.15, 0.2) is 36.4 Å². The topological polar surface area (TPSA) is 52.4 Å². The first kappa shape index (κ1) is 16.8. The largest absolute Gasteiger partial charge is 0.488 e. The number of rotatable bonds is 4. The van der Waals surface area contributed by atoms with Crippen molar-refractivity contribution in [3.8, 4) is 5.75 Å². The SMILES string of the molecule is Cc1ccc(OCc2c(C)cccc2[N+](=O)[O-])c(C(F)(F)F)c1. The van der Waals surface area contributed by atoms with Gasteiger partial charge in [-0.1, -0.05) is 23.8 Å². The van der Waals surface area contributed by atoms with E-state index in [9.17, 15) is 23.3 Å². The molecule has 0 unspecified atom stereocenters. The monoisotopic (exact) mass is 325 g/mol. The fraction of sp³-hybridized carbons (Fsp3) is 0.250. The second kappa shape index (κ2) is 6.28. The predicted octanol–water partition coefficient (Wildman–Crippen LogP) is 4.81. The first-order valence-corrected chi connectivity index (χ1v) is 6.73. The van der Waals surface area contributed by atoms with Gasteiger partial charge in [-0.2, -0.15) is 13.2 Å². The van der Waals surface area contributed by atoms with Crippen molar-refractivity contribution in [1.29, 1.82) is 0 Å². The molecule has 0 aliphatic heterocycles. The van der Waals surface area contributed by atoms with E-state index in [4.69, 9.17) is 4.74 Å². The zero-order chi connectivity index (χ0) is 17.2. The minimum Gasteiger partial charge on any atom is -0.488 e. The number of alkyl halides is 3. The molecule has 0 amide bonds. The summed E-state index contributed by atoms with van der Waals surface area (Å²) in [7, 11) is 0. The Labute approximate surface area is 130 Å². The lowest BCUT2D eigenvalue weighted by atomic mass is 10.1. The standard InChI is InChI=1S/C16H14F3NO3/c1-10-6-7-15(13(8-10)16(17,18)19)23-9-12-11(2)4-3-5-14(12)20(21)22/h3-8H,9H2,1-2H3. The van der Waals surface area contributed by atoms with Crippen LogP contribution >= 0.6 is 0 Å². The van der Waals surface area contributed by atoms with Crippen LogP contribution in [0.4, 0.5) is 18.9 Å². The van der Waals surface area contributed by atoms with Crippen LogP contribution in [0.2, 0.25) is 0 Å². The zero-order valence-corrected chi connectivity index (χ0v) is 12.5. The molecule has 0 spiro atoms. The maximum Gasteiger partial charge on any atom is 0.419 e. The molecule has 0 radical (unpaired) electrons. The molecule has 0 aliphatic rings. The summed E-state index contributed by atoms with van der Waals surface area (Å²) in [4.78, 5) is 10.4. The van der Waals surface area contributed by atoms with Crippen LogP contribution in [-0.2, 0) is 12.8 Å². The smallest absolute Gasteiger partial charge is 0.419 e. The lowest BCUT2D eigenvalue weighted by Gasteiger charge is -2.15. The highest BCUT2D eigenvalue weighted by Crippen LogP contribution is 2.37. The Kier molecular flexibility index (Phi) is 4.58. The molecule has 23 heavy (non-hydrogen) atoms. The van der Waals surface area contributed by atoms with E-state index in [1.807, 2.05) is 0 Å². The molecule has 0 fully saturated rings. The number of aryl methyl sites for hydroxylation is 2. The highest BCUT2D eigenvalue weighted by Gasteiger charge is 2.34. The lowest BCUT2D eigenvalue weighted by molar-refractivity contribution is -0.385. The second-order valence-corrected chi connectivity index (χ2v) is 5.12. The number of hydrogen-bond donors (Lipinski definition) is 0. The van der Waals surface area contributed by atoms with Gasteiger partial charge in [0.2, 0.25) is 0 Å². The Morgan fingerprint density at radius 1 is 1.17 bits per heavy atom. The van der Waals surface area contributed by atoms with Crippen molar-refractivity contribution in [2.24, 2.45) is 0 Å². The molecule has 0 N–H and O–H groups in total. The average molecular weight is 325 g/mol. The molecule has 4 nitrogen and oxygen atoms in total. The van der Waals surface area contributed by atoms with Crippen molar-refractivity contribution in [2.75, 3.05) is 0 Å². The van der Waals surface area contributed by atoms with Gasteiger partial charge in [0, 0.05) is 6.07 Å². The number of halogens is 3.